The number of aromatic nitrogens is 6. The zero-order valence-corrected chi connectivity index (χ0v) is 32.8. The van der Waals surface area contributed by atoms with Gasteiger partial charge < -0.3 is 25.1 Å². The van der Waals surface area contributed by atoms with Crippen molar-refractivity contribution in [3.8, 4) is 0 Å². The van der Waals surface area contributed by atoms with E-state index in [9.17, 15) is 58.7 Å². The van der Waals surface area contributed by atoms with Crippen molar-refractivity contribution in [1.29, 1.82) is 0 Å². The third kappa shape index (κ3) is 12.4. The molecule has 15 nitrogen and oxygen atoms in total. The van der Waals surface area contributed by atoms with Crippen LogP contribution in [-0.2, 0) is 52.5 Å². The molecule has 5 rings (SSSR count). The van der Waals surface area contributed by atoms with Gasteiger partial charge in [-0.1, -0.05) is 34.8 Å². The molecule has 5 heterocycles. The predicted molar refractivity (Wildman–Crippen MR) is 187 cm³/mol. The van der Waals surface area contributed by atoms with Crippen LogP contribution in [0.2, 0.25) is 15.1 Å². The van der Waals surface area contributed by atoms with E-state index in [2.05, 4.69) is 20.6 Å². The van der Waals surface area contributed by atoms with Crippen molar-refractivity contribution in [3.05, 3.63) is 49.2 Å². The lowest BCUT2D eigenvalue weighted by molar-refractivity contribution is -0.143. The average molecular weight is 902 g/mol. The fourth-order valence-electron chi connectivity index (χ4n) is 5.25. The van der Waals surface area contributed by atoms with E-state index >= 15 is 0 Å². The van der Waals surface area contributed by atoms with Crippen LogP contribution < -0.4 is 5.32 Å². The van der Waals surface area contributed by atoms with Crippen molar-refractivity contribution in [1.82, 2.24) is 49.4 Å². The van der Waals surface area contributed by atoms with Crippen LogP contribution in [0.15, 0.2) is 0 Å². The first-order chi connectivity index (χ1) is 26.6. The number of alkyl halides is 9. The SMILES string of the molecule is Cc1c(Cl)c(C(F)(F)F)nn1CC(=O)N1CCNCC1.Cc1c(Cl)c(C(F)(F)F)nn1CC(=O)O.[B]C(=O)N1CCN(C(=O)Cn2nc(C(F)(F)F)c(Cl)c2C)CC1. The number of hydrogen-bond acceptors (Lipinski definition) is 8. The van der Waals surface area contributed by atoms with Crippen molar-refractivity contribution in [2.24, 2.45) is 0 Å². The number of piperazine rings is 2. The smallest absolute Gasteiger partial charge is 0.436 e. The van der Waals surface area contributed by atoms with Crippen LogP contribution in [-0.4, -0.2) is 133 Å². The lowest BCUT2D eigenvalue weighted by atomic mass is 10.1. The molecule has 0 aliphatic carbocycles. The second-order valence-corrected chi connectivity index (χ2v) is 13.6. The molecule has 2 N–H and O–H groups in total. The summed E-state index contributed by atoms with van der Waals surface area (Å²) in [5.74, 6) is -2.51. The first-order valence-electron chi connectivity index (χ1n) is 16.6. The van der Waals surface area contributed by atoms with Crippen LogP contribution in [0.1, 0.15) is 34.2 Å². The van der Waals surface area contributed by atoms with Crippen LogP contribution in [0.3, 0.4) is 0 Å². The molecule has 2 saturated heterocycles. The molecule has 0 saturated carbocycles. The Morgan fingerprint density at radius 2 is 0.879 bits per heavy atom. The Hall–Kier alpha value is -4.23. The summed E-state index contributed by atoms with van der Waals surface area (Å²) in [5, 5.41) is 19.9. The van der Waals surface area contributed by atoms with Crippen molar-refractivity contribution < 1.29 is 63.8 Å². The van der Waals surface area contributed by atoms with Crippen molar-refractivity contribution in [2.75, 3.05) is 52.4 Å². The lowest BCUT2D eigenvalue weighted by Crippen LogP contribution is -2.51. The van der Waals surface area contributed by atoms with Crippen LogP contribution in [0.25, 0.3) is 0 Å². The molecule has 2 aliphatic heterocycles. The zero-order valence-electron chi connectivity index (χ0n) is 30.5. The summed E-state index contributed by atoms with van der Waals surface area (Å²) in [4.78, 5) is 49.9. The van der Waals surface area contributed by atoms with E-state index in [1.165, 1.54) is 30.6 Å². The monoisotopic (exact) mass is 900 g/mol. The summed E-state index contributed by atoms with van der Waals surface area (Å²) < 4.78 is 116. The van der Waals surface area contributed by atoms with Gasteiger partial charge in [-0.3, -0.25) is 33.2 Å². The van der Waals surface area contributed by atoms with Gasteiger partial charge in [0, 0.05) is 52.4 Å². The van der Waals surface area contributed by atoms with Gasteiger partial charge in [-0.05, 0) is 20.8 Å². The molecule has 0 aromatic carbocycles. The molecule has 2 radical (unpaired) electrons. The minimum absolute atomic E-state index is 0.0219. The number of carbonyl (C=O) groups is 4. The lowest BCUT2D eigenvalue weighted by Gasteiger charge is -2.34. The Morgan fingerprint density at radius 1 is 0.586 bits per heavy atom. The molecule has 2 aliphatic rings. The van der Waals surface area contributed by atoms with Crippen molar-refractivity contribution in [3.63, 3.8) is 0 Å². The topological polar surface area (TPSA) is 164 Å². The Labute approximate surface area is 339 Å². The van der Waals surface area contributed by atoms with Gasteiger partial charge in [0.15, 0.2) is 22.9 Å². The number of aliphatic carboxylic acids is 1. The minimum Gasteiger partial charge on any atom is -0.480 e. The number of carboxylic acid groups (broad SMARTS) is 1. The summed E-state index contributed by atoms with van der Waals surface area (Å²) in [7, 11) is 5.14. The molecule has 3 aromatic heterocycles. The number of nitrogens with one attached hydrogen (secondary N) is 1. The first-order valence-corrected chi connectivity index (χ1v) is 17.7. The molecule has 58 heavy (non-hydrogen) atoms. The predicted octanol–water partition coefficient (Wildman–Crippen LogP) is 4.54. The number of nitrogens with zero attached hydrogens (tertiary/aromatic N) is 9. The zero-order chi connectivity index (χ0) is 44.1. The molecule has 3 amide bonds. The fourth-order valence-corrected chi connectivity index (χ4v) is 5.98. The maximum absolute atomic E-state index is 12.7. The number of carboxylic acids is 1. The van der Waals surface area contributed by atoms with Gasteiger partial charge in [-0.15, -0.1) is 0 Å². The van der Waals surface area contributed by atoms with Gasteiger partial charge in [-0.2, -0.15) is 54.8 Å². The third-order valence-corrected chi connectivity index (χ3v) is 9.83. The molecule has 0 atom stereocenters. The maximum atomic E-state index is 12.7. The Bertz CT molecular complexity index is 1970. The minimum atomic E-state index is -4.68. The highest BCUT2D eigenvalue weighted by molar-refractivity contribution is 6.56. The summed E-state index contributed by atoms with van der Waals surface area (Å²) in [6, 6.07) is 0. The van der Waals surface area contributed by atoms with Gasteiger partial charge in [-0.25, -0.2) is 0 Å². The summed E-state index contributed by atoms with van der Waals surface area (Å²) in [6.07, 6.45) is -14.0. The van der Waals surface area contributed by atoms with Crippen LogP contribution in [0.4, 0.5) is 44.3 Å². The molecule has 28 heteroatoms. The molecule has 2 fully saturated rings. The van der Waals surface area contributed by atoms with Gasteiger partial charge in [0.2, 0.25) is 19.7 Å². The number of rotatable bonds is 6. The van der Waals surface area contributed by atoms with Gasteiger partial charge in [0.25, 0.3) is 0 Å². The first kappa shape index (κ1) is 48.1. The van der Waals surface area contributed by atoms with Gasteiger partial charge in [0.05, 0.1) is 32.1 Å². The van der Waals surface area contributed by atoms with Gasteiger partial charge in [0.1, 0.15) is 19.6 Å². The van der Waals surface area contributed by atoms with E-state index in [1.54, 1.807) is 4.90 Å². The molecule has 3 aromatic rings. The average Bonchev–Trinajstić information content (AvgIpc) is 3.70. The van der Waals surface area contributed by atoms with Crippen LogP contribution in [0.5, 0.6) is 0 Å². The Kier molecular flexibility index (Phi) is 16.0. The van der Waals surface area contributed by atoms with E-state index < -0.39 is 74.9 Å². The van der Waals surface area contributed by atoms with Crippen molar-refractivity contribution in [2.45, 2.75) is 58.9 Å². The Balaban J connectivity index is 0.000000238. The summed E-state index contributed by atoms with van der Waals surface area (Å²) in [6.45, 7) is 6.35. The molecule has 0 unspecified atom stereocenters. The van der Waals surface area contributed by atoms with E-state index in [4.69, 9.17) is 47.8 Å². The molecule has 0 bridgehead atoms. The van der Waals surface area contributed by atoms with E-state index in [1.807, 2.05) is 0 Å². The largest absolute Gasteiger partial charge is 0.480 e. The molecule has 0 spiro atoms. The van der Waals surface area contributed by atoms with E-state index in [0.29, 0.717) is 30.9 Å². The number of hydrogen-bond donors (Lipinski definition) is 2. The van der Waals surface area contributed by atoms with E-state index in [-0.39, 0.29) is 62.3 Å². The Morgan fingerprint density at radius 3 is 1.16 bits per heavy atom. The standard InChI is InChI=1S/C12H13BClF3N4O2.C11H14ClF3N4O.C7H6ClF3N2O2/c1-7-9(14)10(12(15,16)17)18-21(7)6-8(22)19-2-4-20(5-3-19)11(13)23;1-7-9(12)10(11(13,14)15)17-19(7)6-8(20)18-4-2-16-3-5-18;1-3-5(8)6(7(9,10)11)12-13(3)2-4(14)15/h2-6H2,1H3;16H,2-6H2,1H3;2H2,1H3,(H,14,15). The third-order valence-electron chi connectivity index (χ3n) is 8.47. The van der Waals surface area contributed by atoms with Crippen molar-refractivity contribution >= 4 is 66.2 Å². The highest BCUT2D eigenvalue weighted by Crippen LogP contribution is 2.37. The molecular formula is C30H33BCl3F9N10O5. The normalized spacial score (nSPS) is 15.1. The van der Waals surface area contributed by atoms with Gasteiger partial charge >= 0.3 is 24.5 Å². The summed E-state index contributed by atoms with van der Waals surface area (Å²) in [5.41, 5.74) is -3.42. The maximum Gasteiger partial charge on any atom is 0.436 e. The highest BCUT2D eigenvalue weighted by Gasteiger charge is 2.40. The molecule has 320 valence electrons. The number of carbonyl (C=O) groups excluding carboxylic acids is 3. The van der Waals surface area contributed by atoms with E-state index in [0.717, 1.165) is 9.36 Å². The van der Waals surface area contributed by atoms with Crippen LogP contribution in [0, 0.1) is 20.8 Å². The molecular weight excluding hydrogens is 869 g/mol. The second kappa shape index (κ2) is 19.2. The number of halogens is 12. The number of amides is 3. The fraction of sp³-hybridized carbons (Fsp3) is 0.567. The summed E-state index contributed by atoms with van der Waals surface area (Å²) >= 11 is 16.7. The van der Waals surface area contributed by atoms with Crippen LogP contribution >= 0.6 is 34.8 Å². The second-order valence-electron chi connectivity index (χ2n) is 12.4. The quantitative estimate of drug-likeness (QED) is 0.267. The highest BCUT2D eigenvalue weighted by atomic mass is 35.5.